The molecule has 2 unspecified atom stereocenters. The van der Waals surface area contributed by atoms with Gasteiger partial charge < -0.3 is 19.4 Å². The minimum Gasteiger partial charge on any atom is -0.350 e. The molecule has 32 heavy (non-hydrogen) atoms. The number of anilines is 1. The van der Waals surface area contributed by atoms with E-state index in [1.807, 2.05) is 24.7 Å². The number of para-hydroxylation sites is 1. The van der Waals surface area contributed by atoms with Crippen LogP contribution in [0.1, 0.15) is 23.6 Å². The summed E-state index contributed by atoms with van der Waals surface area (Å²) in [6.07, 6.45) is 3.37. The van der Waals surface area contributed by atoms with Gasteiger partial charge in [0.2, 0.25) is 5.91 Å². The Kier molecular flexibility index (Phi) is 5.39. The van der Waals surface area contributed by atoms with Gasteiger partial charge in [0.25, 0.3) is 5.56 Å². The minimum atomic E-state index is -0.162. The van der Waals surface area contributed by atoms with E-state index in [0.717, 1.165) is 31.7 Å². The molecule has 1 aromatic carbocycles. The van der Waals surface area contributed by atoms with Gasteiger partial charge in [-0.05, 0) is 50.2 Å². The van der Waals surface area contributed by atoms with E-state index in [2.05, 4.69) is 52.3 Å². The number of carbonyl (C=O) groups excluding carboxylic acids is 1. The van der Waals surface area contributed by atoms with Crippen molar-refractivity contribution in [3.8, 4) is 0 Å². The summed E-state index contributed by atoms with van der Waals surface area (Å²) in [5, 5.41) is 4.11. The largest absolute Gasteiger partial charge is 0.350 e. The summed E-state index contributed by atoms with van der Waals surface area (Å²) < 4.78 is 4.11. The van der Waals surface area contributed by atoms with Gasteiger partial charge in [0, 0.05) is 61.9 Å². The monoisotopic (exact) mass is 433 g/mol. The molecule has 1 saturated heterocycles. The summed E-state index contributed by atoms with van der Waals surface area (Å²) in [7, 11) is 5.78. The van der Waals surface area contributed by atoms with Crippen LogP contribution in [0.25, 0.3) is 10.9 Å². The molecule has 1 amide bonds. The number of likely N-dealkylation sites (N-methyl/N-ethyl adjacent to an activating group) is 1. The van der Waals surface area contributed by atoms with Gasteiger partial charge in [0.1, 0.15) is 5.69 Å². The van der Waals surface area contributed by atoms with E-state index in [4.69, 9.17) is 0 Å². The van der Waals surface area contributed by atoms with Crippen molar-refractivity contribution in [2.45, 2.75) is 25.4 Å². The second-order valence-corrected chi connectivity index (χ2v) is 9.65. The number of pyridine rings is 1. The second-order valence-electron chi connectivity index (χ2n) is 9.65. The van der Waals surface area contributed by atoms with Gasteiger partial charge in [-0.15, -0.1) is 0 Å². The number of nitrogens with one attached hydrogen (secondary N) is 1. The third-order valence-corrected chi connectivity index (χ3v) is 6.79. The highest BCUT2D eigenvalue weighted by Gasteiger charge is 2.35. The molecule has 0 spiro atoms. The van der Waals surface area contributed by atoms with Crippen molar-refractivity contribution >= 4 is 22.5 Å². The van der Waals surface area contributed by atoms with E-state index in [1.165, 1.54) is 16.5 Å². The molecule has 2 aliphatic heterocycles. The average Bonchev–Trinajstić information content (AvgIpc) is 3.05. The minimum absolute atomic E-state index is 0.0770. The second kappa shape index (κ2) is 8.22. The van der Waals surface area contributed by atoms with Crippen LogP contribution in [0.15, 0.2) is 47.4 Å². The maximum Gasteiger partial charge on any atom is 0.274 e. The predicted octanol–water partition coefficient (Wildman–Crippen LogP) is 2.46. The van der Waals surface area contributed by atoms with Crippen LogP contribution >= 0.6 is 0 Å². The Bertz CT molecular complexity index is 1220. The Labute approximate surface area is 188 Å². The zero-order valence-corrected chi connectivity index (χ0v) is 19.0. The third kappa shape index (κ3) is 3.87. The molecule has 0 aliphatic carbocycles. The van der Waals surface area contributed by atoms with Gasteiger partial charge in [-0.2, -0.15) is 0 Å². The van der Waals surface area contributed by atoms with Crippen LogP contribution in [0.3, 0.4) is 0 Å². The van der Waals surface area contributed by atoms with Crippen LogP contribution in [-0.4, -0.2) is 58.6 Å². The van der Waals surface area contributed by atoms with Crippen molar-refractivity contribution in [1.82, 2.24) is 18.9 Å². The lowest BCUT2D eigenvalue weighted by Crippen LogP contribution is -2.47. The molecule has 0 radical (unpaired) electrons. The van der Waals surface area contributed by atoms with Crippen LogP contribution in [0.2, 0.25) is 0 Å². The number of rotatable bonds is 5. The van der Waals surface area contributed by atoms with Crippen molar-refractivity contribution in [2.24, 2.45) is 13.0 Å². The quantitative estimate of drug-likeness (QED) is 0.672. The Morgan fingerprint density at radius 1 is 1.12 bits per heavy atom. The topological polar surface area (TPSA) is 62.5 Å². The summed E-state index contributed by atoms with van der Waals surface area (Å²) in [6, 6.07) is 12.4. The van der Waals surface area contributed by atoms with Gasteiger partial charge in [-0.25, -0.2) is 0 Å². The molecular formula is C25H31N5O2. The average molecular weight is 434 g/mol. The van der Waals surface area contributed by atoms with Crippen LogP contribution < -0.4 is 10.9 Å². The number of hydrogen-bond acceptors (Lipinski definition) is 4. The number of carbonyl (C=O) groups is 1. The maximum atomic E-state index is 13.1. The van der Waals surface area contributed by atoms with E-state index < -0.39 is 0 Å². The lowest BCUT2D eigenvalue weighted by molar-refractivity contribution is -0.116. The molecule has 2 atom stereocenters. The summed E-state index contributed by atoms with van der Waals surface area (Å²) >= 11 is 0. The van der Waals surface area contributed by atoms with Crippen molar-refractivity contribution in [1.29, 1.82) is 0 Å². The lowest BCUT2D eigenvalue weighted by atomic mass is 9.83. The molecule has 5 rings (SSSR count). The normalized spacial score (nSPS) is 20.5. The smallest absolute Gasteiger partial charge is 0.274 e. The maximum absolute atomic E-state index is 13.1. The van der Waals surface area contributed by atoms with E-state index in [1.54, 1.807) is 11.0 Å². The summed E-state index contributed by atoms with van der Waals surface area (Å²) in [6.45, 7) is 3.84. The molecule has 3 aromatic rings. The van der Waals surface area contributed by atoms with Crippen LogP contribution in [-0.2, 0) is 24.9 Å². The van der Waals surface area contributed by atoms with Gasteiger partial charge in [-0.3, -0.25) is 14.5 Å². The Balaban J connectivity index is 1.36. The highest BCUT2D eigenvalue weighted by Crippen LogP contribution is 2.36. The third-order valence-electron chi connectivity index (χ3n) is 6.79. The van der Waals surface area contributed by atoms with Crippen LogP contribution in [0, 0.1) is 5.92 Å². The number of aryl methyl sites for hydroxylation is 1. The number of benzene rings is 1. The summed E-state index contributed by atoms with van der Waals surface area (Å²) in [4.78, 5) is 29.6. The fourth-order valence-corrected chi connectivity index (χ4v) is 5.54. The standard InChI is InChI=1S/C25H31N5O2/c1-27(2)16-24(31)26-21-8-9-22-18-10-17(12-30(22)25(21)32)11-29(14-18)15-19-13-28(3)23-7-5-4-6-20(19)23/h4-9,13,17-18H,10-12,14-16H2,1-3H3,(H,26,31). The van der Waals surface area contributed by atoms with Gasteiger partial charge in [0.05, 0.1) is 6.54 Å². The van der Waals surface area contributed by atoms with Crippen LogP contribution in [0.5, 0.6) is 0 Å². The first-order chi connectivity index (χ1) is 15.4. The molecule has 2 aromatic heterocycles. The van der Waals surface area contributed by atoms with Gasteiger partial charge in [0.15, 0.2) is 0 Å². The number of aromatic nitrogens is 2. The Morgan fingerprint density at radius 2 is 1.94 bits per heavy atom. The number of hydrogen-bond donors (Lipinski definition) is 1. The van der Waals surface area contributed by atoms with Gasteiger partial charge in [-0.1, -0.05) is 18.2 Å². The predicted molar refractivity (Wildman–Crippen MR) is 127 cm³/mol. The van der Waals surface area contributed by atoms with Crippen molar-refractivity contribution in [3.05, 3.63) is 64.2 Å². The van der Waals surface area contributed by atoms with Crippen molar-refractivity contribution in [2.75, 3.05) is 39.0 Å². The summed E-state index contributed by atoms with van der Waals surface area (Å²) in [5.41, 5.74) is 4.03. The first-order valence-corrected chi connectivity index (χ1v) is 11.3. The first-order valence-electron chi connectivity index (χ1n) is 11.3. The number of amides is 1. The molecule has 4 heterocycles. The van der Waals surface area contributed by atoms with E-state index in [0.29, 0.717) is 24.1 Å². The molecule has 2 aliphatic rings. The van der Waals surface area contributed by atoms with Gasteiger partial charge >= 0.3 is 0 Å². The SMILES string of the molecule is CN(C)CC(=O)Nc1ccc2n(c1=O)CC1CC2CN(Cc2cn(C)c3ccccc23)C1. The number of nitrogens with zero attached hydrogens (tertiary/aromatic N) is 4. The van der Waals surface area contributed by atoms with E-state index in [-0.39, 0.29) is 18.0 Å². The Hall–Kier alpha value is -2.90. The Morgan fingerprint density at radius 3 is 2.75 bits per heavy atom. The zero-order valence-electron chi connectivity index (χ0n) is 19.0. The summed E-state index contributed by atoms with van der Waals surface area (Å²) in [5.74, 6) is 0.628. The van der Waals surface area contributed by atoms with Crippen molar-refractivity contribution in [3.63, 3.8) is 0 Å². The number of likely N-dealkylation sites (tertiary alicyclic amines) is 1. The molecule has 1 fully saturated rings. The van der Waals surface area contributed by atoms with E-state index in [9.17, 15) is 9.59 Å². The lowest BCUT2D eigenvalue weighted by Gasteiger charge is -2.43. The first kappa shape index (κ1) is 21.0. The highest BCUT2D eigenvalue weighted by atomic mass is 16.2. The van der Waals surface area contributed by atoms with Crippen LogP contribution in [0.4, 0.5) is 5.69 Å². The molecule has 7 heteroatoms. The molecule has 1 N–H and O–H groups in total. The highest BCUT2D eigenvalue weighted by molar-refractivity contribution is 5.92. The molecule has 7 nitrogen and oxygen atoms in total. The fourth-order valence-electron chi connectivity index (χ4n) is 5.54. The number of piperidine rings is 1. The molecule has 0 saturated carbocycles. The molecule has 168 valence electrons. The fraction of sp³-hybridized carbons (Fsp3) is 0.440. The zero-order chi connectivity index (χ0) is 22.4. The molecule has 2 bridgehead atoms. The van der Waals surface area contributed by atoms with Crippen molar-refractivity contribution < 1.29 is 4.79 Å². The number of fused-ring (bicyclic) bond motifs is 5. The molecular weight excluding hydrogens is 402 g/mol. The van der Waals surface area contributed by atoms with E-state index >= 15 is 0 Å².